The average molecular weight is 422 g/mol. The van der Waals surface area contributed by atoms with Gasteiger partial charge in [-0.15, -0.1) is 0 Å². The van der Waals surface area contributed by atoms with Crippen LogP contribution in [0.1, 0.15) is 30.7 Å². The number of alkyl halides is 6. The normalized spacial score (nSPS) is 18.0. The van der Waals surface area contributed by atoms with E-state index in [1.165, 1.54) is 10.5 Å². The number of hydrogen-bond acceptors (Lipinski definition) is 1. The number of halogens is 6. The summed E-state index contributed by atoms with van der Waals surface area (Å²) in [7, 11) is 0. The van der Waals surface area contributed by atoms with Crippen molar-refractivity contribution >= 4 is 27.3 Å². The van der Waals surface area contributed by atoms with E-state index in [2.05, 4.69) is 4.98 Å². The molecule has 30 heavy (non-hydrogen) atoms. The van der Waals surface area contributed by atoms with Gasteiger partial charge in [-0.05, 0) is 17.9 Å². The first-order chi connectivity index (χ1) is 13.9. The Balaban J connectivity index is 2.20. The van der Waals surface area contributed by atoms with Gasteiger partial charge in [-0.3, -0.25) is 4.40 Å². The van der Waals surface area contributed by atoms with Crippen molar-refractivity contribution in [2.24, 2.45) is 0 Å². The molecule has 0 N–H and O–H groups in total. The molecule has 2 aromatic carbocycles. The van der Waals surface area contributed by atoms with Crippen molar-refractivity contribution in [2.75, 3.05) is 0 Å². The Hall–Kier alpha value is -2.77. The van der Waals surface area contributed by atoms with E-state index >= 15 is 0 Å². The molecule has 1 aliphatic heterocycles. The topological polar surface area (TPSA) is 17.3 Å². The molecule has 0 fully saturated rings. The summed E-state index contributed by atoms with van der Waals surface area (Å²) in [6.07, 6.45) is -10.0. The highest BCUT2D eigenvalue weighted by Crippen LogP contribution is 2.65. The van der Waals surface area contributed by atoms with Crippen molar-refractivity contribution in [3.05, 3.63) is 59.4 Å². The van der Waals surface area contributed by atoms with Crippen LogP contribution in [0.2, 0.25) is 0 Å². The molecule has 2 nitrogen and oxygen atoms in total. The lowest BCUT2D eigenvalue weighted by molar-refractivity contribution is -0.322. The largest absolute Gasteiger partial charge is 0.408 e. The van der Waals surface area contributed by atoms with Gasteiger partial charge in [0, 0.05) is 27.9 Å². The Labute approximate surface area is 167 Å². The van der Waals surface area contributed by atoms with Gasteiger partial charge in [0.05, 0.1) is 11.2 Å². The number of pyridine rings is 1. The Bertz CT molecular complexity index is 1340. The lowest BCUT2D eigenvalue weighted by atomic mass is 9.57. The summed E-state index contributed by atoms with van der Waals surface area (Å²) in [4.78, 5) is 4.28. The van der Waals surface area contributed by atoms with Gasteiger partial charge in [0.2, 0.25) is 0 Å². The fourth-order valence-electron chi connectivity index (χ4n) is 5.38. The van der Waals surface area contributed by atoms with E-state index in [0.29, 0.717) is 27.4 Å². The Morgan fingerprint density at radius 2 is 1.47 bits per heavy atom. The highest BCUT2D eigenvalue weighted by molar-refractivity contribution is 6.14. The molecule has 4 aromatic rings. The van der Waals surface area contributed by atoms with Gasteiger partial charge in [-0.2, -0.15) is 26.3 Å². The zero-order valence-electron chi connectivity index (χ0n) is 16.2. The summed E-state index contributed by atoms with van der Waals surface area (Å²) in [6.45, 7) is 3.69. The third-order valence-corrected chi connectivity index (χ3v) is 6.64. The molecule has 8 heteroatoms. The summed E-state index contributed by atoms with van der Waals surface area (Å²) < 4.78 is 88.9. The zero-order chi connectivity index (χ0) is 21.9. The second kappa shape index (κ2) is 5.28. The fraction of sp³-hybridized carbons (Fsp3) is 0.318. The molecule has 0 radical (unpaired) electrons. The maximum Gasteiger partial charge on any atom is 0.408 e. The first-order valence-electron chi connectivity index (χ1n) is 9.31. The van der Waals surface area contributed by atoms with Crippen molar-refractivity contribution in [1.29, 1.82) is 0 Å². The van der Waals surface area contributed by atoms with Gasteiger partial charge in [0.15, 0.2) is 5.41 Å². The maximum absolute atomic E-state index is 14.6. The molecule has 1 aliphatic rings. The summed E-state index contributed by atoms with van der Waals surface area (Å²) >= 11 is 0. The molecule has 0 saturated carbocycles. The van der Waals surface area contributed by atoms with Crippen LogP contribution in [-0.2, 0) is 10.8 Å². The fourth-order valence-corrected chi connectivity index (χ4v) is 5.38. The number of benzene rings is 2. The first-order valence-corrected chi connectivity index (χ1v) is 9.31. The molecule has 0 saturated heterocycles. The van der Waals surface area contributed by atoms with E-state index in [1.54, 1.807) is 31.2 Å². The molecule has 156 valence electrons. The minimum atomic E-state index is -5.58. The Morgan fingerprint density at radius 1 is 0.867 bits per heavy atom. The lowest BCUT2D eigenvalue weighted by Gasteiger charge is -2.51. The van der Waals surface area contributed by atoms with Crippen LogP contribution in [0.25, 0.3) is 27.3 Å². The molecule has 0 bridgehead atoms. The van der Waals surface area contributed by atoms with Crippen LogP contribution >= 0.6 is 0 Å². The van der Waals surface area contributed by atoms with Crippen molar-refractivity contribution in [3.8, 4) is 0 Å². The predicted octanol–water partition coefficient (Wildman–Crippen LogP) is 6.60. The van der Waals surface area contributed by atoms with Crippen LogP contribution in [0.15, 0.2) is 42.6 Å². The monoisotopic (exact) mass is 422 g/mol. The summed E-state index contributed by atoms with van der Waals surface area (Å²) in [5.41, 5.74) is -6.44. The number of fused-ring (bicyclic) bond motifs is 3. The van der Waals surface area contributed by atoms with Crippen LogP contribution in [-0.4, -0.2) is 21.7 Å². The summed E-state index contributed by atoms with van der Waals surface area (Å²) in [6, 6.07) is 9.30. The molecule has 2 aromatic heterocycles. The Morgan fingerprint density at radius 3 is 2.07 bits per heavy atom. The van der Waals surface area contributed by atoms with Gasteiger partial charge < -0.3 is 0 Å². The number of aromatic nitrogens is 2. The van der Waals surface area contributed by atoms with Crippen LogP contribution < -0.4 is 0 Å². The molecule has 0 atom stereocenters. The standard InChI is InChI=1S/C22H16F6N2/c1-11-8-9-14-17-16(11)12-6-4-5-7-13(12)18-29-10-15(30(17)18)19(2,3)20(14,21(23,24)25)22(26,27)28/h4-10H,1-3H3. The molecule has 0 aliphatic carbocycles. The molecule has 5 rings (SSSR count). The third-order valence-electron chi connectivity index (χ3n) is 6.64. The van der Waals surface area contributed by atoms with Gasteiger partial charge >= 0.3 is 12.4 Å². The quantitative estimate of drug-likeness (QED) is 0.230. The van der Waals surface area contributed by atoms with E-state index < -0.39 is 28.7 Å². The molecular weight excluding hydrogens is 406 g/mol. The van der Waals surface area contributed by atoms with E-state index in [-0.39, 0.29) is 11.2 Å². The van der Waals surface area contributed by atoms with E-state index in [1.807, 2.05) is 0 Å². The number of rotatable bonds is 0. The molecule has 3 heterocycles. The van der Waals surface area contributed by atoms with Crippen LogP contribution in [0.3, 0.4) is 0 Å². The maximum atomic E-state index is 14.6. The van der Waals surface area contributed by atoms with Crippen molar-refractivity contribution in [3.63, 3.8) is 0 Å². The van der Waals surface area contributed by atoms with Crippen LogP contribution in [0.4, 0.5) is 26.3 Å². The highest BCUT2D eigenvalue weighted by atomic mass is 19.4. The summed E-state index contributed by atoms with van der Waals surface area (Å²) in [5, 5.41) is 1.64. The van der Waals surface area contributed by atoms with Gasteiger partial charge in [-0.1, -0.05) is 50.2 Å². The number of nitrogens with zero attached hydrogens (tertiary/aromatic N) is 2. The SMILES string of the molecule is Cc1ccc2c3c1c1ccccc1c1ncc(n13)C(C)(C)C2(C(F)(F)F)C(F)(F)F. The van der Waals surface area contributed by atoms with E-state index in [0.717, 1.165) is 26.1 Å². The predicted molar refractivity (Wildman–Crippen MR) is 102 cm³/mol. The number of imidazole rings is 1. The minimum Gasteiger partial charge on any atom is -0.295 e. The summed E-state index contributed by atoms with van der Waals surface area (Å²) in [5.74, 6) is 0. The van der Waals surface area contributed by atoms with E-state index in [9.17, 15) is 26.3 Å². The zero-order valence-corrected chi connectivity index (χ0v) is 16.2. The first kappa shape index (κ1) is 19.2. The molecule has 0 spiro atoms. The smallest absolute Gasteiger partial charge is 0.295 e. The second-order valence-corrected chi connectivity index (χ2v) is 8.37. The van der Waals surface area contributed by atoms with Crippen molar-refractivity contribution in [2.45, 2.75) is 44.0 Å². The minimum absolute atomic E-state index is 0.0785. The number of hydrogen-bond donors (Lipinski definition) is 0. The Kier molecular flexibility index (Phi) is 3.38. The highest BCUT2D eigenvalue weighted by Gasteiger charge is 2.79. The molecule has 0 amide bonds. The van der Waals surface area contributed by atoms with E-state index in [4.69, 9.17) is 0 Å². The molecule has 0 unspecified atom stereocenters. The van der Waals surface area contributed by atoms with Crippen LogP contribution in [0, 0.1) is 6.92 Å². The number of aryl methyl sites for hydroxylation is 1. The lowest BCUT2D eigenvalue weighted by Crippen LogP contribution is -2.65. The second-order valence-electron chi connectivity index (χ2n) is 8.37. The van der Waals surface area contributed by atoms with Crippen LogP contribution in [0.5, 0.6) is 0 Å². The third kappa shape index (κ3) is 1.86. The average Bonchev–Trinajstić information content (AvgIpc) is 3.07. The van der Waals surface area contributed by atoms with Gasteiger partial charge in [0.1, 0.15) is 5.65 Å². The van der Waals surface area contributed by atoms with Gasteiger partial charge in [0.25, 0.3) is 0 Å². The van der Waals surface area contributed by atoms with Crippen molar-refractivity contribution in [1.82, 2.24) is 9.38 Å². The van der Waals surface area contributed by atoms with Gasteiger partial charge in [-0.25, -0.2) is 4.98 Å². The van der Waals surface area contributed by atoms with Crippen molar-refractivity contribution < 1.29 is 26.3 Å². The molecular formula is C22H16F6N2.